The molecule has 0 radical (unpaired) electrons. The van der Waals surface area contributed by atoms with Gasteiger partial charge in [-0.1, -0.05) is 50.2 Å². The minimum atomic E-state index is -0.268. The summed E-state index contributed by atoms with van der Waals surface area (Å²) in [5, 5.41) is 3.12. The van der Waals surface area contributed by atoms with Gasteiger partial charge in [0, 0.05) is 19.5 Å². The lowest BCUT2D eigenvalue weighted by Gasteiger charge is -2.36. The number of nitrogens with zero attached hydrogens (tertiary/aromatic N) is 1. The number of benzene rings is 2. The predicted octanol–water partition coefficient (Wildman–Crippen LogP) is 5.21. The van der Waals surface area contributed by atoms with Gasteiger partial charge in [-0.25, -0.2) is 4.39 Å². The molecule has 2 saturated heterocycles. The molecule has 0 aliphatic carbocycles. The van der Waals surface area contributed by atoms with Crippen LogP contribution in [0.1, 0.15) is 68.6 Å². The zero-order valence-corrected chi connectivity index (χ0v) is 21.2. The fourth-order valence-electron chi connectivity index (χ4n) is 5.16. The fraction of sp³-hybridized carbons (Fsp3) is 0.552. The van der Waals surface area contributed by atoms with E-state index < -0.39 is 0 Å². The number of hydrogen-bond donors (Lipinski definition) is 1. The van der Waals surface area contributed by atoms with E-state index in [1.807, 2.05) is 6.92 Å². The van der Waals surface area contributed by atoms with E-state index >= 15 is 0 Å². The number of rotatable bonds is 9. The third-order valence-corrected chi connectivity index (χ3v) is 7.31. The fourth-order valence-corrected chi connectivity index (χ4v) is 5.16. The van der Waals surface area contributed by atoms with Gasteiger partial charge in [0.1, 0.15) is 5.82 Å². The smallest absolute Gasteiger partial charge is 0.228 e. The first-order valence-corrected chi connectivity index (χ1v) is 13.0. The number of carbonyl (C=O) groups excluding carboxylic acids is 1. The number of nitrogens with one attached hydrogen (secondary N) is 1. The summed E-state index contributed by atoms with van der Waals surface area (Å²) in [7, 11) is 0. The Balaban J connectivity index is 1.39. The van der Waals surface area contributed by atoms with Gasteiger partial charge in [0.2, 0.25) is 5.91 Å². The summed E-state index contributed by atoms with van der Waals surface area (Å²) in [5.74, 6) is 0.320. The maximum atomic E-state index is 13.5. The zero-order valence-electron chi connectivity index (χ0n) is 21.2. The van der Waals surface area contributed by atoms with E-state index in [0.717, 1.165) is 50.0 Å². The summed E-state index contributed by atoms with van der Waals surface area (Å²) in [5.41, 5.74) is 3.25. The molecule has 3 atom stereocenters. The molecule has 0 aromatic heterocycles. The molecule has 2 aromatic carbocycles. The van der Waals surface area contributed by atoms with Crippen LogP contribution in [-0.2, 0) is 20.8 Å². The van der Waals surface area contributed by atoms with Gasteiger partial charge >= 0.3 is 0 Å². The van der Waals surface area contributed by atoms with Crippen molar-refractivity contribution >= 4 is 5.91 Å². The summed E-state index contributed by atoms with van der Waals surface area (Å²) < 4.78 is 24.7. The maximum absolute atomic E-state index is 13.5. The molecule has 0 bridgehead atoms. The molecule has 2 fully saturated rings. The molecule has 1 N–H and O–H groups in total. The van der Waals surface area contributed by atoms with Crippen LogP contribution in [0.4, 0.5) is 4.39 Å². The highest BCUT2D eigenvalue weighted by atomic mass is 19.1. The number of amides is 1. The van der Waals surface area contributed by atoms with Crippen LogP contribution in [0.15, 0.2) is 48.5 Å². The van der Waals surface area contributed by atoms with Crippen LogP contribution in [0, 0.1) is 11.7 Å². The van der Waals surface area contributed by atoms with Gasteiger partial charge in [-0.3, -0.25) is 4.79 Å². The standard InChI is InChI=1S/C29H39FN2O3/c1-20(2)23-6-8-24(9-7-23)28(29(33)31-18-22-4-10-26(30)11-5-22)25-12-15-32(16-13-25)17-14-27-34-19-21(3)35-27/h4-11,20-21,25,27-28H,12-19H2,1-3H3,(H,31,33)/t21?,27-,28?/m0/s1. The van der Waals surface area contributed by atoms with Gasteiger partial charge in [-0.15, -0.1) is 0 Å². The van der Waals surface area contributed by atoms with Crippen LogP contribution in [0.2, 0.25) is 0 Å². The summed E-state index contributed by atoms with van der Waals surface area (Å²) >= 11 is 0. The molecule has 4 rings (SSSR count). The van der Waals surface area contributed by atoms with Crippen molar-refractivity contribution in [1.29, 1.82) is 0 Å². The minimum absolute atomic E-state index is 0.0480. The highest BCUT2D eigenvalue weighted by molar-refractivity contribution is 5.84. The molecule has 2 aliphatic rings. The lowest BCUT2D eigenvalue weighted by atomic mass is 9.79. The van der Waals surface area contributed by atoms with Crippen molar-refractivity contribution in [3.05, 3.63) is 71.0 Å². The molecular weight excluding hydrogens is 443 g/mol. The van der Waals surface area contributed by atoms with Crippen molar-refractivity contribution in [3.8, 4) is 0 Å². The lowest BCUT2D eigenvalue weighted by Crippen LogP contribution is -2.41. The van der Waals surface area contributed by atoms with Crippen molar-refractivity contribution in [2.75, 3.05) is 26.2 Å². The highest BCUT2D eigenvalue weighted by Gasteiger charge is 2.33. The van der Waals surface area contributed by atoms with Crippen LogP contribution < -0.4 is 5.32 Å². The largest absolute Gasteiger partial charge is 0.351 e. The third-order valence-electron chi connectivity index (χ3n) is 7.31. The molecule has 1 amide bonds. The quantitative estimate of drug-likeness (QED) is 0.533. The average Bonchev–Trinajstić information content (AvgIpc) is 3.28. The van der Waals surface area contributed by atoms with Gasteiger partial charge in [-0.05, 0) is 73.5 Å². The van der Waals surface area contributed by atoms with E-state index in [1.54, 1.807) is 12.1 Å². The first kappa shape index (κ1) is 25.8. The molecule has 2 unspecified atom stereocenters. The van der Waals surface area contributed by atoms with Crippen LogP contribution in [0.5, 0.6) is 0 Å². The first-order chi connectivity index (χ1) is 16.9. The number of carbonyl (C=O) groups is 1. The van der Waals surface area contributed by atoms with Crippen molar-refractivity contribution in [2.24, 2.45) is 5.92 Å². The monoisotopic (exact) mass is 482 g/mol. The molecule has 2 heterocycles. The Bertz CT molecular complexity index is 939. The number of likely N-dealkylation sites (tertiary alicyclic amines) is 1. The second-order valence-corrected chi connectivity index (χ2v) is 10.3. The predicted molar refractivity (Wildman–Crippen MR) is 136 cm³/mol. The Morgan fingerprint density at radius 2 is 1.71 bits per heavy atom. The van der Waals surface area contributed by atoms with Crippen LogP contribution in [0.25, 0.3) is 0 Å². The van der Waals surface area contributed by atoms with Crippen molar-refractivity contribution in [1.82, 2.24) is 10.2 Å². The first-order valence-electron chi connectivity index (χ1n) is 13.0. The Hall–Kier alpha value is -2.28. The van der Waals surface area contributed by atoms with Gasteiger partial charge in [-0.2, -0.15) is 0 Å². The highest BCUT2D eigenvalue weighted by Crippen LogP contribution is 2.34. The van der Waals surface area contributed by atoms with Gasteiger partial charge < -0.3 is 19.7 Å². The van der Waals surface area contributed by atoms with E-state index in [4.69, 9.17) is 9.47 Å². The molecule has 190 valence electrons. The Kier molecular flexibility index (Phi) is 8.93. The molecule has 5 nitrogen and oxygen atoms in total. The molecule has 6 heteroatoms. The van der Waals surface area contributed by atoms with Gasteiger partial charge in [0.25, 0.3) is 0 Å². The molecule has 0 saturated carbocycles. The SMILES string of the molecule is CC1CO[C@H](CCN2CCC(C(C(=O)NCc3ccc(F)cc3)c3ccc(C(C)C)cc3)CC2)O1. The van der Waals surface area contributed by atoms with Crippen molar-refractivity contribution < 1.29 is 18.7 Å². The van der Waals surface area contributed by atoms with Gasteiger partial charge in [0.15, 0.2) is 6.29 Å². The van der Waals surface area contributed by atoms with E-state index in [1.165, 1.54) is 17.7 Å². The number of hydrogen-bond acceptors (Lipinski definition) is 4. The zero-order chi connectivity index (χ0) is 24.8. The lowest BCUT2D eigenvalue weighted by molar-refractivity contribution is -0.124. The average molecular weight is 483 g/mol. The molecule has 35 heavy (non-hydrogen) atoms. The Morgan fingerprint density at radius 3 is 2.31 bits per heavy atom. The third kappa shape index (κ3) is 7.12. The van der Waals surface area contributed by atoms with Gasteiger partial charge in [0.05, 0.1) is 18.6 Å². The van der Waals surface area contributed by atoms with E-state index in [0.29, 0.717) is 19.1 Å². The summed E-state index contributed by atoms with van der Waals surface area (Å²) in [6.07, 6.45) is 2.93. The van der Waals surface area contributed by atoms with Crippen LogP contribution >= 0.6 is 0 Å². The number of halogens is 1. The van der Waals surface area contributed by atoms with Crippen molar-refractivity contribution in [3.63, 3.8) is 0 Å². The molecular formula is C29H39FN2O3. The number of ether oxygens (including phenoxy) is 2. The van der Waals surface area contributed by atoms with Crippen LogP contribution in [0.3, 0.4) is 0 Å². The molecule has 2 aromatic rings. The second-order valence-electron chi connectivity index (χ2n) is 10.3. The normalized spacial score (nSPS) is 22.4. The second kappa shape index (κ2) is 12.1. The summed E-state index contributed by atoms with van der Waals surface area (Å²) in [6, 6.07) is 14.9. The van der Waals surface area contributed by atoms with Crippen LogP contribution in [-0.4, -0.2) is 49.4 Å². The summed E-state index contributed by atoms with van der Waals surface area (Å²) in [6.45, 7) is 10.4. The minimum Gasteiger partial charge on any atom is -0.351 e. The molecule has 0 spiro atoms. The van der Waals surface area contributed by atoms with E-state index in [-0.39, 0.29) is 36.0 Å². The Labute approximate surface area is 209 Å². The molecule has 2 aliphatic heterocycles. The Morgan fingerprint density at radius 1 is 1.06 bits per heavy atom. The van der Waals surface area contributed by atoms with E-state index in [2.05, 4.69) is 48.3 Å². The topological polar surface area (TPSA) is 50.8 Å². The van der Waals surface area contributed by atoms with E-state index in [9.17, 15) is 9.18 Å². The maximum Gasteiger partial charge on any atom is 0.228 e. The number of piperidine rings is 1. The van der Waals surface area contributed by atoms with Crippen molar-refractivity contribution in [2.45, 2.75) is 70.8 Å². The summed E-state index contributed by atoms with van der Waals surface area (Å²) in [4.78, 5) is 15.9.